The van der Waals surface area contributed by atoms with Crippen LogP contribution in [-0.4, -0.2) is 24.7 Å². The molecule has 2 N–H and O–H groups in total. The van der Waals surface area contributed by atoms with E-state index in [2.05, 4.69) is 10.6 Å². The number of rotatable bonds is 5. The molecule has 0 aliphatic carbocycles. The third-order valence-corrected chi connectivity index (χ3v) is 3.52. The molecule has 0 fully saturated rings. The van der Waals surface area contributed by atoms with Crippen LogP contribution < -0.4 is 20.1 Å². The predicted molar refractivity (Wildman–Crippen MR) is 99.0 cm³/mol. The molecule has 0 saturated carbocycles. The van der Waals surface area contributed by atoms with Gasteiger partial charge in [-0.25, -0.2) is 0 Å². The number of amides is 1. The van der Waals surface area contributed by atoms with Crippen LogP contribution in [0.25, 0.3) is 0 Å². The molecular weight excluding hydrogens is 348 g/mol. The van der Waals surface area contributed by atoms with Crippen molar-refractivity contribution in [2.45, 2.75) is 6.92 Å². The Morgan fingerprint density at radius 3 is 2.75 bits per heavy atom. The highest BCUT2D eigenvalue weighted by Crippen LogP contribution is 2.21. The van der Waals surface area contributed by atoms with E-state index in [0.717, 1.165) is 5.56 Å². The van der Waals surface area contributed by atoms with Crippen LogP contribution >= 0.6 is 23.8 Å². The van der Waals surface area contributed by atoms with Gasteiger partial charge in [-0.1, -0.05) is 17.7 Å². The van der Waals surface area contributed by atoms with Crippen molar-refractivity contribution >= 4 is 40.5 Å². The number of nitrogens with one attached hydrogen (secondary N) is 2. The second-order valence-electron chi connectivity index (χ2n) is 4.93. The highest BCUT2D eigenvalue weighted by molar-refractivity contribution is 7.80. The summed E-state index contributed by atoms with van der Waals surface area (Å²) in [5, 5.41) is 6.27. The molecule has 24 heavy (non-hydrogen) atoms. The zero-order valence-electron chi connectivity index (χ0n) is 13.3. The van der Waals surface area contributed by atoms with Crippen molar-refractivity contribution in [2.24, 2.45) is 0 Å². The number of thiocarbonyl (C=S) groups is 1. The number of halogens is 1. The first-order valence-corrected chi connectivity index (χ1v) is 7.90. The predicted octanol–water partition coefficient (Wildman–Crippen LogP) is 3.55. The number of hydrogen-bond acceptors (Lipinski definition) is 4. The van der Waals surface area contributed by atoms with Crippen LogP contribution in [0.5, 0.6) is 11.5 Å². The second kappa shape index (κ2) is 8.52. The number of carbonyl (C=O) groups is 1. The maximum Gasteiger partial charge on any atom is 0.264 e. The number of ether oxygens (including phenoxy) is 2. The van der Waals surface area contributed by atoms with E-state index in [0.29, 0.717) is 22.2 Å². The van der Waals surface area contributed by atoms with Crippen LogP contribution in [0.3, 0.4) is 0 Å². The molecule has 0 radical (unpaired) electrons. The first-order chi connectivity index (χ1) is 11.5. The van der Waals surface area contributed by atoms with Crippen LogP contribution in [0.4, 0.5) is 5.69 Å². The standard InChI is InChI=1S/C17H17ClN2O3S/c1-11-8-12(18)6-7-15(11)23-10-16(21)20-17(24)19-13-4-3-5-14(9-13)22-2/h3-9H,10H2,1-2H3,(H2,19,20,21,24). The number of anilines is 1. The molecule has 1 amide bonds. The Bertz CT molecular complexity index is 752. The van der Waals surface area contributed by atoms with Gasteiger partial charge in [-0.2, -0.15) is 0 Å². The molecule has 0 heterocycles. The molecule has 7 heteroatoms. The molecule has 0 bridgehead atoms. The van der Waals surface area contributed by atoms with E-state index in [-0.39, 0.29) is 17.6 Å². The van der Waals surface area contributed by atoms with E-state index in [1.165, 1.54) is 0 Å². The molecule has 5 nitrogen and oxygen atoms in total. The monoisotopic (exact) mass is 364 g/mol. The maximum absolute atomic E-state index is 11.9. The minimum absolute atomic E-state index is 0.150. The summed E-state index contributed by atoms with van der Waals surface area (Å²) in [4.78, 5) is 11.9. The van der Waals surface area contributed by atoms with Crippen molar-refractivity contribution in [3.63, 3.8) is 0 Å². The van der Waals surface area contributed by atoms with E-state index in [9.17, 15) is 4.79 Å². The van der Waals surface area contributed by atoms with Gasteiger partial charge in [0.1, 0.15) is 11.5 Å². The molecular formula is C17H17ClN2O3S. The van der Waals surface area contributed by atoms with Crippen molar-refractivity contribution < 1.29 is 14.3 Å². The molecule has 126 valence electrons. The van der Waals surface area contributed by atoms with Gasteiger partial charge in [0.2, 0.25) is 0 Å². The molecule has 0 atom stereocenters. The Morgan fingerprint density at radius 1 is 1.25 bits per heavy atom. The van der Waals surface area contributed by atoms with Gasteiger partial charge in [0.05, 0.1) is 7.11 Å². The second-order valence-corrected chi connectivity index (χ2v) is 5.78. The number of hydrogen-bond donors (Lipinski definition) is 2. The smallest absolute Gasteiger partial charge is 0.264 e. The Morgan fingerprint density at radius 2 is 2.04 bits per heavy atom. The zero-order chi connectivity index (χ0) is 17.5. The van der Waals surface area contributed by atoms with Crippen LogP contribution in [0.1, 0.15) is 5.56 Å². The third-order valence-electron chi connectivity index (χ3n) is 3.08. The Hall–Kier alpha value is -2.31. The minimum atomic E-state index is -0.357. The first kappa shape index (κ1) is 18.0. The fourth-order valence-corrected chi connectivity index (χ4v) is 2.40. The first-order valence-electron chi connectivity index (χ1n) is 7.12. The largest absolute Gasteiger partial charge is 0.497 e. The molecule has 0 spiro atoms. The highest BCUT2D eigenvalue weighted by Gasteiger charge is 2.08. The Labute approximate surface area is 150 Å². The lowest BCUT2D eigenvalue weighted by molar-refractivity contribution is -0.121. The molecule has 2 aromatic rings. The Balaban J connectivity index is 1.84. The van der Waals surface area contributed by atoms with E-state index in [4.69, 9.17) is 33.3 Å². The number of carbonyl (C=O) groups excluding carboxylic acids is 1. The summed E-state index contributed by atoms with van der Waals surface area (Å²) in [5.74, 6) is 0.932. The van der Waals surface area contributed by atoms with Gasteiger partial charge in [0.25, 0.3) is 5.91 Å². The van der Waals surface area contributed by atoms with Crippen molar-refractivity contribution in [3.8, 4) is 11.5 Å². The van der Waals surface area contributed by atoms with E-state index in [1.54, 1.807) is 31.4 Å². The highest BCUT2D eigenvalue weighted by atomic mass is 35.5. The van der Waals surface area contributed by atoms with Crippen LogP contribution in [0, 0.1) is 6.92 Å². The van der Waals surface area contributed by atoms with Crippen LogP contribution in [-0.2, 0) is 4.79 Å². The lowest BCUT2D eigenvalue weighted by Crippen LogP contribution is -2.37. The number of benzene rings is 2. The summed E-state index contributed by atoms with van der Waals surface area (Å²) < 4.78 is 10.6. The molecule has 0 saturated heterocycles. The molecule has 0 aliphatic heterocycles. The van der Waals surface area contributed by atoms with E-state index in [1.807, 2.05) is 25.1 Å². The number of methoxy groups -OCH3 is 1. The van der Waals surface area contributed by atoms with Gasteiger partial charge >= 0.3 is 0 Å². The summed E-state index contributed by atoms with van der Waals surface area (Å²) in [6.07, 6.45) is 0. The summed E-state index contributed by atoms with van der Waals surface area (Å²) in [5.41, 5.74) is 1.57. The van der Waals surface area contributed by atoms with Crippen molar-refractivity contribution in [1.29, 1.82) is 0 Å². The SMILES string of the molecule is COc1cccc(NC(=S)NC(=O)COc2ccc(Cl)cc2C)c1. The molecule has 0 aliphatic rings. The van der Waals surface area contributed by atoms with Crippen molar-refractivity contribution in [1.82, 2.24) is 5.32 Å². The minimum Gasteiger partial charge on any atom is -0.497 e. The lowest BCUT2D eigenvalue weighted by Gasteiger charge is -2.12. The average molecular weight is 365 g/mol. The third kappa shape index (κ3) is 5.40. The van der Waals surface area contributed by atoms with Crippen molar-refractivity contribution in [2.75, 3.05) is 19.0 Å². The fourth-order valence-electron chi connectivity index (χ4n) is 1.94. The quantitative estimate of drug-likeness (QED) is 0.794. The van der Waals surface area contributed by atoms with Crippen molar-refractivity contribution in [3.05, 3.63) is 53.1 Å². The summed E-state index contributed by atoms with van der Waals surface area (Å²) in [7, 11) is 1.58. The van der Waals surface area contributed by atoms with Gasteiger partial charge in [0, 0.05) is 16.8 Å². The van der Waals surface area contributed by atoms with Gasteiger partial charge < -0.3 is 14.8 Å². The van der Waals surface area contributed by atoms with E-state index < -0.39 is 0 Å². The Kier molecular flexibility index (Phi) is 6.40. The van der Waals surface area contributed by atoms with Gasteiger partial charge in [-0.05, 0) is 55.0 Å². The van der Waals surface area contributed by atoms with Crippen LogP contribution in [0.2, 0.25) is 5.02 Å². The fraction of sp³-hybridized carbons (Fsp3) is 0.176. The van der Waals surface area contributed by atoms with Crippen LogP contribution in [0.15, 0.2) is 42.5 Å². The summed E-state index contributed by atoms with van der Waals surface area (Å²) in [6.45, 7) is 1.70. The van der Waals surface area contributed by atoms with Gasteiger partial charge in [-0.3, -0.25) is 10.1 Å². The summed E-state index contributed by atoms with van der Waals surface area (Å²) in [6, 6.07) is 12.4. The summed E-state index contributed by atoms with van der Waals surface area (Å²) >= 11 is 11.0. The molecule has 0 unspecified atom stereocenters. The topological polar surface area (TPSA) is 59.6 Å². The molecule has 0 aromatic heterocycles. The van der Waals surface area contributed by atoms with E-state index >= 15 is 0 Å². The maximum atomic E-state index is 11.9. The van der Waals surface area contributed by atoms with Gasteiger partial charge in [-0.15, -0.1) is 0 Å². The molecule has 2 aromatic carbocycles. The zero-order valence-corrected chi connectivity index (χ0v) is 14.8. The average Bonchev–Trinajstić information content (AvgIpc) is 2.54. The lowest BCUT2D eigenvalue weighted by atomic mass is 10.2. The van der Waals surface area contributed by atoms with Gasteiger partial charge in [0.15, 0.2) is 11.7 Å². The number of aryl methyl sites for hydroxylation is 1. The normalized spacial score (nSPS) is 9.96. The molecule has 2 rings (SSSR count).